The number of benzene rings is 1. The van der Waals surface area contributed by atoms with E-state index in [0.29, 0.717) is 44.4 Å². The lowest BCUT2D eigenvalue weighted by Crippen LogP contribution is -2.48. The fraction of sp³-hybridized carbons (Fsp3) is 0.278. The Morgan fingerprint density at radius 2 is 2.07 bits per heavy atom. The van der Waals surface area contributed by atoms with E-state index in [1.165, 1.54) is 18.2 Å². The van der Waals surface area contributed by atoms with Gasteiger partial charge in [-0.15, -0.1) is 11.3 Å². The second-order valence-corrected chi connectivity index (χ2v) is 7.83. The minimum atomic E-state index is -0.541. The Morgan fingerprint density at radius 3 is 2.72 bits per heavy atom. The molecule has 1 aliphatic heterocycles. The van der Waals surface area contributed by atoms with Crippen LogP contribution in [0.25, 0.3) is 10.7 Å². The minimum absolute atomic E-state index is 0.0820. The lowest BCUT2D eigenvalue weighted by Gasteiger charge is -2.34. The van der Waals surface area contributed by atoms with E-state index in [4.69, 9.17) is 16.1 Å². The Hall–Kier alpha value is -2.82. The SMILES string of the molecule is O=C(c1ccc([N+](=O)[O-])cc1Cl)N1CCN(Cc2nc(-c3cccs3)no2)CC1. The van der Waals surface area contributed by atoms with Crippen molar-refractivity contribution in [2.45, 2.75) is 6.54 Å². The molecule has 11 heteroatoms. The predicted molar refractivity (Wildman–Crippen MR) is 107 cm³/mol. The summed E-state index contributed by atoms with van der Waals surface area (Å²) in [4.78, 5) is 32.2. The van der Waals surface area contributed by atoms with Crippen LogP contribution in [0.5, 0.6) is 0 Å². The van der Waals surface area contributed by atoms with E-state index >= 15 is 0 Å². The van der Waals surface area contributed by atoms with Crippen molar-refractivity contribution in [3.05, 3.63) is 62.3 Å². The van der Waals surface area contributed by atoms with Crippen molar-refractivity contribution >= 4 is 34.5 Å². The maximum Gasteiger partial charge on any atom is 0.270 e. The number of aromatic nitrogens is 2. The summed E-state index contributed by atoms with van der Waals surface area (Å²) in [5.41, 5.74) is 0.126. The minimum Gasteiger partial charge on any atom is -0.338 e. The first kappa shape index (κ1) is 19.5. The van der Waals surface area contributed by atoms with E-state index in [1.807, 2.05) is 17.5 Å². The third kappa shape index (κ3) is 4.29. The highest BCUT2D eigenvalue weighted by molar-refractivity contribution is 7.13. The number of piperazine rings is 1. The lowest BCUT2D eigenvalue weighted by molar-refractivity contribution is -0.384. The third-order valence-electron chi connectivity index (χ3n) is 4.62. The van der Waals surface area contributed by atoms with E-state index in [-0.39, 0.29) is 22.2 Å². The lowest BCUT2D eigenvalue weighted by atomic mass is 10.1. The Balaban J connectivity index is 1.34. The number of non-ortho nitro benzene ring substituents is 1. The number of hydrogen-bond acceptors (Lipinski definition) is 8. The monoisotopic (exact) mass is 433 g/mol. The summed E-state index contributed by atoms with van der Waals surface area (Å²) in [7, 11) is 0. The molecule has 2 aromatic heterocycles. The summed E-state index contributed by atoms with van der Waals surface area (Å²) >= 11 is 7.63. The smallest absolute Gasteiger partial charge is 0.270 e. The molecule has 1 amide bonds. The molecular formula is C18H16ClN5O4S. The topological polar surface area (TPSA) is 106 Å². The zero-order chi connectivity index (χ0) is 20.4. The maximum atomic E-state index is 12.7. The van der Waals surface area contributed by atoms with Crippen molar-refractivity contribution in [1.82, 2.24) is 19.9 Å². The van der Waals surface area contributed by atoms with Gasteiger partial charge in [0.2, 0.25) is 11.7 Å². The second kappa shape index (κ2) is 8.27. The molecule has 1 aliphatic rings. The molecule has 150 valence electrons. The first-order chi connectivity index (χ1) is 14.0. The first-order valence-corrected chi connectivity index (χ1v) is 10.1. The van der Waals surface area contributed by atoms with Crippen LogP contribution >= 0.6 is 22.9 Å². The summed E-state index contributed by atoms with van der Waals surface area (Å²) in [6.45, 7) is 2.83. The molecule has 1 fully saturated rings. The van der Waals surface area contributed by atoms with Crippen LogP contribution in [0.1, 0.15) is 16.2 Å². The Labute approximate surface area is 174 Å². The number of nitro groups is 1. The van der Waals surface area contributed by atoms with Crippen molar-refractivity contribution in [3.63, 3.8) is 0 Å². The van der Waals surface area contributed by atoms with Gasteiger partial charge in [-0.1, -0.05) is 22.8 Å². The number of hydrogen-bond donors (Lipinski definition) is 0. The van der Waals surface area contributed by atoms with Crippen LogP contribution < -0.4 is 0 Å². The summed E-state index contributed by atoms with van der Waals surface area (Å²) in [5, 5.41) is 16.9. The van der Waals surface area contributed by atoms with Gasteiger partial charge in [0.25, 0.3) is 11.6 Å². The van der Waals surface area contributed by atoms with Crippen molar-refractivity contribution in [2.24, 2.45) is 0 Å². The van der Waals surface area contributed by atoms with Crippen LogP contribution in [-0.4, -0.2) is 56.9 Å². The van der Waals surface area contributed by atoms with Crippen LogP contribution in [-0.2, 0) is 6.54 Å². The van der Waals surface area contributed by atoms with Crippen molar-refractivity contribution in [2.75, 3.05) is 26.2 Å². The molecule has 0 atom stereocenters. The molecule has 3 heterocycles. The van der Waals surface area contributed by atoms with E-state index in [1.54, 1.807) is 16.2 Å². The van der Waals surface area contributed by atoms with Crippen molar-refractivity contribution in [3.8, 4) is 10.7 Å². The normalized spacial score (nSPS) is 14.9. The van der Waals surface area contributed by atoms with Gasteiger partial charge in [0.1, 0.15) is 0 Å². The molecule has 3 aromatic rings. The van der Waals surface area contributed by atoms with E-state index in [0.717, 1.165) is 4.88 Å². The summed E-state index contributed by atoms with van der Waals surface area (Å²) in [6.07, 6.45) is 0. The van der Waals surface area contributed by atoms with E-state index in [9.17, 15) is 14.9 Å². The number of thiophene rings is 1. The van der Waals surface area contributed by atoms with Gasteiger partial charge in [-0.25, -0.2) is 0 Å². The molecule has 0 saturated carbocycles. The predicted octanol–water partition coefficient (Wildman–Crippen LogP) is 3.32. The van der Waals surface area contributed by atoms with E-state index < -0.39 is 4.92 Å². The molecule has 0 unspecified atom stereocenters. The molecule has 1 saturated heterocycles. The molecule has 0 N–H and O–H groups in total. The fourth-order valence-corrected chi connectivity index (χ4v) is 3.99. The molecule has 4 rings (SSSR count). The standard InChI is InChI=1S/C18H16ClN5O4S/c19-14-10-12(24(26)27)3-4-13(14)18(25)23-7-5-22(6-8-23)11-16-20-17(21-28-16)15-2-1-9-29-15/h1-4,9-10H,5-8,11H2. The molecule has 29 heavy (non-hydrogen) atoms. The van der Waals surface area contributed by atoms with Gasteiger partial charge < -0.3 is 9.42 Å². The highest BCUT2D eigenvalue weighted by atomic mass is 35.5. The maximum absolute atomic E-state index is 12.7. The van der Waals surface area contributed by atoms with Gasteiger partial charge in [-0.05, 0) is 17.5 Å². The number of nitrogens with zero attached hydrogens (tertiary/aromatic N) is 5. The molecule has 0 bridgehead atoms. The van der Waals surface area contributed by atoms with Gasteiger partial charge in [0, 0.05) is 38.3 Å². The average Bonchev–Trinajstić information content (AvgIpc) is 3.40. The van der Waals surface area contributed by atoms with Crippen LogP contribution in [0.4, 0.5) is 5.69 Å². The number of amides is 1. The molecule has 0 spiro atoms. The summed E-state index contributed by atoms with van der Waals surface area (Å²) in [6, 6.07) is 7.76. The molecule has 0 aliphatic carbocycles. The van der Waals surface area contributed by atoms with Crippen LogP contribution in [0.3, 0.4) is 0 Å². The quantitative estimate of drug-likeness (QED) is 0.448. The fourth-order valence-electron chi connectivity index (χ4n) is 3.09. The first-order valence-electron chi connectivity index (χ1n) is 8.83. The summed E-state index contributed by atoms with van der Waals surface area (Å²) in [5.74, 6) is 0.880. The average molecular weight is 434 g/mol. The van der Waals surface area contributed by atoms with Gasteiger partial charge in [0.15, 0.2) is 0 Å². The van der Waals surface area contributed by atoms with Gasteiger partial charge in [0.05, 0.1) is 26.9 Å². The summed E-state index contributed by atoms with van der Waals surface area (Å²) < 4.78 is 5.33. The Bertz CT molecular complexity index is 1030. The van der Waals surface area contributed by atoms with E-state index in [2.05, 4.69) is 15.0 Å². The van der Waals surface area contributed by atoms with Crippen molar-refractivity contribution in [1.29, 1.82) is 0 Å². The molecule has 0 radical (unpaired) electrons. The third-order valence-corrected chi connectivity index (χ3v) is 5.80. The van der Waals surface area contributed by atoms with Crippen LogP contribution in [0.2, 0.25) is 5.02 Å². The van der Waals surface area contributed by atoms with Gasteiger partial charge in [-0.2, -0.15) is 4.98 Å². The van der Waals surface area contributed by atoms with Crippen LogP contribution in [0, 0.1) is 10.1 Å². The number of carbonyl (C=O) groups is 1. The second-order valence-electron chi connectivity index (χ2n) is 6.48. The highest BCUT2D eigenvalue weighted by Crippen LogP contribution is 2.25. The Morgan fingerprint density at radius 1 is 1.28 bits per heavy atom. The highest BCUT2D eigenvalue weighted by Gasteiger charge is 2.25. The van der Waals surface area contributed by atoms with Crippen molar-refractivity contribution < 1.29 is 14.2 Å². The zero-order valence-corrected chi connectivity index (χ0v) is 16.7. The largest absolute Gasteiger partial charge is 0.338 e. The number of nitro benzene ring substituents is 1. The number of halogens is 1. The number of carbonyl (C=O) groups excluding carboxylic acids is 1. The molecule has 1 aromatic carbocycles. The van der Waals surface area contributed by atoms with Crippen LogP contribution in [0.15, 0.2) is 40.2 Å². The van der Waals surface area contributed by atoms with Gasteiger partial charge >= 0.3 is 0 Å². The zero-order valence-electron chi connectivity index (χ0n) is 15.2. The van der Waals surface area contributed by atoms with Gasteiger partial charge in [-0.3, -0.25) is 19.8 Å². The molecular weight excluding hydrogens is 418 g/mol. The molecule has 9 nitrogen and oxygen atoms in total. The number of rotatable bonds is 5. The Kier molecular flexibility index (Phi) is 5.56.